The molecule has 0 amide bonds. The summed E-state index contributed by atoms with van der Waals surface area (Å²) in [6.45, 7) is 2.25. The Morgan fingerprint density at radius 2 is 2.00 bits per heavy atom. The molecule has 4 heteroatoms. The minimum atomic E-state index is -0.343. The molecule has 1 aliphatic carbocycles. The van der Waals surface area contributed by atoms with Crippen LogP contribution in [0.15, 0.2) is 24.3 Å². The summed E-state index contributed by atoms with van der Waals surface area (Å²) in [5, 5.41) is 13.9. The van der Waals surface area contributed by atoms with E-state index >= 15 is 0 Å². The van der Waals surface area contributed by atoms with Crippen LogP contribution in [0.5, 0.6) is 0 Å². The zero-order valence-corrected chi connectivity index (χ0v) is 8.93. The number of benzene rings is 1. The van der Waals surface area contributed by atoms with Gasteiger partial charge in [0.15, 0.2) is 0 Å². The van der Waals surface area contributed by atoms with Crippen LogP contribution in [0.3, 0.4) is 0 Å². The molecule has 1 heterocycles. The minimum Gasteiger partial charge on any atom is -0.316 e. The van der Waals surface area contributed by atoms with Crippen LogP contribution in [-0.4, -0.2) is 18.0 Å². The average molecular weight is 218 g/mol. The number of nitro groups is 1. The van der Waals surface area contributed by atoms with Crippen LogP contribution < -0.4 is 5.32 Å². The highest BCUT2D eigenvalue weighted by molar-refractivity contribution is 5.36. The van der Waals surface area contributed by atoms with Crippen LogP contribution in [0, 0.1) is 22.0 Å². The van der Waals surface area contributed by atoms with Gasteiger partial charge in [0.1, 0.15) is 0 Å². The molecule has 16 heavy (non-hydrogen) atoms. The summed E-state index contributed by atoms with van der Waals surface area (Å²) in [5.74, 6) is 2.20. The number of non-ortho nitro benzene ring substituents is 1. The summed E-state index contributed by atoms with van der Waals surface area (Å²) in [6, 6.07) is 7.06. The maximum absolute atomic E-state index is 10.5. The van der Waals surface area contributed by atoms with Gasteiger partial charge in [-0.05, 0) is 42.8 Å². The van der Waals surface area contributed by atoms with Crippen molar-refractivity contribution in [3.8, 4) is 0 Å². The summed E-state index contributed by atoms with van der Waals surface area (Å²) in [4.78, 5) is 10.2. The molecule has 0 bridgehead atoms. The first kappa shape index (κ1) is 9.78. The van der Waals surface area contributed by atoms with Crippen molar-refractivity contribution in [3.05, 3.63) is 39.9 Å². The number of hydrogen-bond acceptors (Lipinski definition) is 3. The molecule has 1 aliphatic heterocycles. The van der Waals surface area contributed by atoms with Crippen molar-refractivity contribution < 1.29 is 4.92 Å². The lowest BCUT2D eigenvalue weighted by Crippen LogP contribution is -2.33. The summed E-state index contributed by atoms with van der Waals surface area (Å²) in [5.41, 5.74) is 1.44. The lowest BCUT2D eigenvalue weighted by Gasteiger charge is -2.40. The molecule has 84 valence electrons. The van der Waals surface area contributed by atoms with E-state index in [0.29, 0.717) is 5.92 Å². The Morgan fingerprint density at radius 1 is 1.25 bits per heavy atom. The topological polar surface area (TPSA) is 55.2 Å². The van der Waals surface area contributed by atoms with Gasteiger partial charge < -0.3 is 5.32 Å². The first-order valence-corrected chi connectivity index (χ1v) is 5.71. The monoisotopic (exact) mass is 218 g/mol. The largest absolute Gasteiger partial charge is 0.316 e. The number of nitrogens with one attached hydrogen (secondary N) is 1. The third kappa shape index (κ3) is 1.41. The molecule has 2 fully saturated rings. The Bertz CT molecular complexity index is 416. The Morgan fingerprint density at radius 3 is 2.62 bits per heavy atom. The fourth-order valence-corrected chi connectivity index (χ4v) is 3.01. The van der Waals surface area contributed by atoms with Gasteiger partial charge in [0, 0.05) is 12.1 Å². The van der Waals surface area contributed by atoms with Crippen LogP contribution in [0.1, 0.15) is 17.9 Å². The summed E-state index contributed by atoms with van der Waals surface area (Å²) < 4.78 is 0. The molecule has 1 N–H and O–H groups in total. The standard InChI is InChI=1S/C12H14N2O2/c15-14(16)10-3-1-8(2-4-10)11-5-9-6-13-7-12(9)11/h1-4,9,11-13H,5-7H2. The highest BCUT2D eigenvalue weighted by Gasteiger charge is 2.44. The maximum atomic E-state index is 10.5. The van der Waals surface area contributed by atoms with Gasteiger partial charge in [-0.25, -0.2) is 0 Å². The van der Waals surface area contributed by atoms with E-state index in [4.69, 9.17) is 0 Å². The average Bonchev–Trinajstić information content (AvgIpc) is 2.61. The van der Waals surface area contributed by atoms with E-state index in [1.54, 1.807) is 12.1 Å². The van der Waals surface area contributed by atoms with Crippen LogP contribution in [0.4, 0.5) is 5.69 Å². The van der Waals surface area contributed by atoms with E-state index in [-0.39, 0.29) is 10.6 Å². The zero-order valence-electron chi connectivity index (χ0n) is 8.93. The van der Waals surface area contributed by atoms with Crippen LogP contribution in [0.2, 0.25) is 0 Å². The predicted octanol–water partition coefficient (Wildman–Crippen LogP) is 1.92. The normalized spacial score (nSPS) is 31.9. The van der Waals surface area contributed by atoms with Crippen molar-refractivity contribution >= 4 is 5.69 Å². The third-order valence-electron chi connectivity index (χ3n) is 4.00. The molecule has 3 unspecified atom stereocenters. The van der Waals surface area contributed by atoms with E-state index in [2.05, 4.69) is 5.32 Å². The second-order valence-electron chi connectivity index (χ2n) is 4.77. The fraction of sp³-hybridized carbons (Fsp3) is 0.500. The van der Waals surface area contributed by atoms with Gasteiger partial charge in [0.2, 0.25) is 0 Å². The molecule has 0 aromatic heterocycles. The van der Waals surface area contributed by atoms with E-state index < -0.39 is 0 Å². The summed E-state index contributed by atoms with van der Waals surface area (Å²) in [7, 11) is 0. The molecule has 1 aromatic rings. The highest BCUT2D eigenvalue weighted by atomic mass is 16.6. The predicted molar refractivity (Wildman–Crippen MR) is 60.3 cm³/mol. The summed E-state index contributed by atoms with van der Waals surface area (Å²) >= 11 is 0. The Labute approximate surface area is 93.8 Å². The molecule has 1 saturated heterocycles. The minimum absolute atomic E-state index is 0.184. The second kappa shape index (κ2) is 3.56. The molecule has 2 aliphatic rings. The van der Waals surface area contributed by atoms with Crippen molar-refractivity contribution in [3.63, 3.8) is 0 Å². The van der Waals surface area contributed by atoms with Gasteiger partial charge in [-0.15, -0.1) is 0 Å². The smallest absolute Gasteiger partial charge is 0.269 e. The zero-order chi connectivity index (χ0) is 11.1. The van der Waals surface area contributed by atoms with Gasteiger partial charge in [0.25, 0.3) is 5.69 Å². The van der Waals surface area contributed by atoms with Crippen molar-refractivity contribution in [2.45, 2.75) is 12.3 Å². The quantitative estimate of drug-likeness (QED) is 0.609. The van der Waals surface area contributed by atoms with Gasteiger partial charge in [-0.2, -0.15) is 0 Å². The number of nitro benzene ring substituents is 1. The number of fused-ring (bicyclic) bond motifs is 1. The van der Waals surface area contributed by atoms with Crippen molar-refractivity contribution in [1.82, 2.24) is 5.32 Å². The number of hydrogen-bond donors (Lipinski definition) is 1. The number of rotatable bonds is 2. The maximum Gasteiger partial charge on any atom is 0.269 e. The summed E-state index contributed by atoms with van der Waals surface area (Å²) in [6.07, 6.45) is 1.23. The number of nitrogens with zero attached hydrogens (tertiary/aromatic N) is 1. The Hall–Kier alpha value is -1.42. The molecular formula is C12H14N2O2. The van der Waals surface area contributed by atoms with Crippen LogP contribution >= 0.6 is 0 Å². The molecule has 1 aromatic carbocycles. The molecular weight excluding hydrogens is 204 g/mol. The van der Waals surface area contributed by atoms with Crippen LogP contribution in [-0.2, 0) is 0 Å². The third-order valence-corrected chi connectivity index (χ3v) is 4.00. The van der Waals surface area contributed by atoms with Crippen molar-refractivity contribution in [2.24, 2.45) is 11.8 Å². The van der Waals surface area contributed by atoms with E-state index in [9.17, 15) is 10.1 Å². The molecule has 3 rings (SSSR count). The lowest BCUT2D eigenvalue weighted by molar-refractivity contribution is -0.384. The molecule has 1 saturated carbocycles. The molecule has 0 radical (unpaired) electrons. The second-order valence-corrected chi connectivity index (χ2v) is 4.77. The Balaban J connectivity index is 1.78. The fourth-order valence-electron chi connectivity index (χ4n) is 3.01. The molecule has 0 spiro atoms. The van der Waals surface area contributed by atoms with Gasteiger partial charge >= 0.3 is 0 Å². The SMILES string of the molecule is O=[N+]([O-])c1ccc(C2CC3CNCC32)cc1. The first-order valence-electron chi connectivity index (χ1n) is 5.71. The highest BCUT2D eigenvalue weighted by Crippen LogP contribution is 2.49. The van der Waals surface area contributed by atoms with E-state index in [1.807, 2.05) is 12.1 Å². The molecule has 3 atom stereocenters. The molecule has 4 nitrogen and oxygen atoms in total. The van der Waals surface area contributed by atoms with Crippen LogP contribution in [0.25, 0.3) is 0 Å². The van der Waals surface area contributed by atoms with Gasteiger partial charge in [-0.3, -0.25) is 10.1 Å². The van der Waals surface area contributed by atoms with Gasteiger partial charge in [0.05, 0.1) is 4.92 Å². The lowest BCUT2D eigenvalue weighted by atomic mass is 9.64. The van der Waals surface area contributed by atoms with Gasteiger partial charge in [-0.1, -0.05) is 12.1 Å². The Kier molecular flexibility index (Phi) is 2.17. The van der Waals surface area contributed by atoms with E-state index in [0.717, 1.165) is 24.9 Å². The van der Waals surface area contributed by atoms with E-state index in [1.165, 1.54) is 12.0 Å². The first-order chi connectivity index (χ1) is 7.75. The van der Waals surface area contributed by atoms with Crippen molar-refractivity contribution in [2.75, 3.05) is 13.1 Å². The van der Waals surface area contributed by atoms with Crippen molar-refractivity contribution in [1.29, 1.82) is 0 Å².